The molecule has 0 saturated carbocycles. The lowest BCUT2D eigenvalue weighted by atomic mass is 9.41. The number of rotatable bonds is 2. The van der Waals surface area contributed by atoms with E-state index in [-0.39, 0.29) is 23.1 Å². The lowest BCUT2D eigenvalue weighted by molar-refractivity contribution is 0.590. The SMILES string of the molecule is CC(C)(C)c1ccc(N2c3cc4c(cc3B3c5c2cc2c(c5-c5cccc6c5N3c3ccccc3C63c5ccccc5-c5ccccc53)-c3ccccc3C2(C)C)Sc2ccccc2C4(C)C)c(-c2ccccc2)c1. The lowest BCUT2D eigenvalue weighted by Crippen LogP contribution is -2.63. The van der Waals surface area contributed by atoms with Crippen molar-refractivity contribution in [3.63, 3.8) is 0 Å². The molecule has 0 N–H and O–H groups in total. The van der Waals surface area contributed by atoms with Crippen molar-refractivity contribution in [2.45, 2.75) is 79.9 Å². The van der Waals surface area contributed by atoms with Crippen LogP contribution in [-0.2, 0) is 21.7 Å². The highest BCUT2D eigenvalue weighted by Crippen LogP contribution is 2.67. The summed E-state index contributed by atoms with van der Waals surface area (Å²) >= 11 is 1.95. The van der Waals surface area contributed by atoms with Crippen LogP contribution in [0, 0.1) is 0 Å². The number of hydrogen-bond acceptors (Lipinski definition) is 3. The minimum atomic E-state index is -0.538. The van der Waals surface area contributed by atoms with Gasteiger partial charge in [0.1, 0.15) is 0 Å². The zero-order valence-electron chi connectivity index (χ0n) is 43.5. The Morgan fingerprint density at radius 3 is 1.72 bits per heavy atom. The van der Waals surface area contributed by atoms with E-state index in [0.717, 1.165) is 0 Å². The summed E-state index contributed by atoms with van der Waals surface area (Å²) in [5, 5.41) is 0. The molecule has 0 fully saturated rings. The first-order chi connectivity index (χ1) is 36.4. The summed E-state index contributed by atoms with van der Waals surface area (Å²) in [6.45, 7) is 16.7. The molecule has 4 heteroatoms. The van der Waals surface area contributed by atoms with Gasteiger partial charge in [0.2, 0.25) is 0 Å². The van der Waals surface area contributed by atoms with Crippen molar-refractivity contribution in [1.29, 1.82) is 0 Å². The van der Waals surface area contributed by atoms with Crippen molar-refractivity contribution in [1.82, 2.24) is 0 Å². The number of hydrogen-bond donors (Lipinski definition) is 0. The topological polar surface area (TPSA) is 6.48 Å². The van der Waals surface area contributed by atoms with Gasteiger partial charge in [-0.2, -0.15) is 0 Å². The number of para-hydroxylation sites is 2. The van der Waals surface area contributed by atoms with Gasteiger partial charge in [0.05, 0.1) is 11.1 Å². The van der Waals surface area contributed by atoms with Gasteiger partial charge in [-0.25, -0.2) is 0 Å². The molecule has 4 heterocycles. The standard InChI is InChI=1S/C71H55BN2S/c1-68(2,3)43-36-37-58(48(38-43)42-22-9-8-10-23-42)73-60-39-55-63(75-62-35-20-18-32-53(62)70(55,6)7)41-57(60)72-66-61(73)40-56-64(46-26-13-14-28-49(46)69(56,4)5)65(66)47-27-21-33-54-67(47)74(72)59-34-19-17-31-52(59)71(54)50-29-15-11-24-44(50)45-25-12-16-30-51(45)71/h8-41H,1-7H3. The normalized spacial score (nSPS) is 16.4. The quantitative estimate of drug-likeness (QED) is 0.159. The Kier molecular flexibility index (Phi) is 8.57. The maximum absolute atomic E-state index is 2.81. The summed E-state index contributed by atoms with van der Waals surface area (Å²) in [7, 11) is 0. The lowest BCUT2D eigenvalue weighted by Gasteiger charge is -2.53. The molecule has 0 unspecified atom stereocenters. The molecule has 0 saturated heterocycles. The molecule has 16 rings (SSSR count). The maximum atomic E-state index is 2.81. The van der Waals surface area contributed by atoms with Crippen LogP contribution < -0.4 is 20.6 Å². The first-order valence-electron chi connectivity index (χ1n) is 26.9. The van der Waals surface area contributed by atoms with E-state index in [1.54, 1.807) is 0 Å². The van der Waals surface area contributed by atoms with Gasteiger partial charge in [-0.1, -0.05) is 224 Å². The molecule has 10 aromatic carbocycles. The highest BCUT2D eigenvalue weighted by Gasteiger charge is 2.58. The zero-order valence-corrected chi connectivity index (χ0v) is 44.3. The van der Waals surface area contributed by atoms with E-state index in [1.807, 2.05) is 11.8 Å². The molecule has 75 heavy (non-hydrogen) atoms. The fourth-order valence-corrected chi connectivity index (χ4v) is 16.4. The van der Waals surface area contributed by atoms with Crippen molar-refractivity contribution in [3.05, 3.63) is 256 Å². The summed E-state index contributed by atoms with van der Waals surface area (Å²) in [5.41, 5.74) is 30.6. The first kappa shape index (κ1) is 43.6. The third-order valence-electron chi connectivity index (χ3n) is 18.4. The van der Waals surface area contributed by atoms with E-state index in [2.05, 4.69) is 264 Å². The molecular weight excluding hydrogens is 924 g/mol. The average molecular weight is 979 g/mol. The van der Waals surface area contributed by atoms with Crippen molar-refractivity contribution < 1.29 is 0 Å². The van der Waals surface area contributed by atoms with Crippen LogP contribution in [0.3, 0.4) is 0 Å². The molecule has 4 aliphatic heterocycles. The second kappa shape index (κ2) is 14.7. The number of benzene rings is 10. The minimum Gasteiger partial charge on any atom is -0.376 e. The summed E-state index contributed by atoms with van der Waals surface area (Å²) < 4.78 is 0. The number of nitrogens with zero attached hydrogens (tertiary/aromatic N) is 2. The molecule has 2 nitrogen and oxygen atoms in total. The Balaban J connectivity index is 1.10. The molecule has 0 radical (unpaired) electrons. The van der Waals surface area contributed by atoms with Crippen molar-refractivity contribution in [2.24, 2.45) is 0 Å². The summed E-state index contributed by atoms with van der Waals surface area (Å²) in [6, 6.07) is 80.1. The van der Waals surface area contributed by atoms with Crippen molar-refractivity contribution in [2.75, 3.05) is 9.71 Å². The molecule has 10 aromatic rings. The van der Waals surface area contributed by atoms with Crippen LogP contribution in [0.2, 0.25) is 0 Å². The van der Waals surface area contributed by atoms with Crippen LogP contribution in [0.5, 0.6) is 0 Å². The Morgan fingerprint density at radius 2 is 0.987 bits per heavy atom. The van der Waals surface area contributed by atoms with Crippen LogP contribution >= 0.6 is 11.8 Å². The molecule has 0 amide bonds. The molecule has 1 spiro atoms. The van der Waals surface area contributed by atoms with Gasteiger partial charge < -0.3 is 9.71 Å². The highest BCUT2D eigenvalue weighted by molar-refractivity contribution is 7.99. The van der Waals surface area contributed by atoms with E-state index >= 15 is 0 Å². The third-order valence-corrected chi connectivity index (χ3v) is 19.6. The predicted molar refractivity (Wildman–Crippen MR) is 315 cm³/mol. The highest BCUT2D eigenvalue weighted by atomic mass is 32.2. The van der Waals surface area contributed by atoms with Crippen molar-refractivity contribution >= 4 is 58.0 Å². The largest absolute Gasteiger partial charge is 0.376 e. The molecule has 358 valence electrons. The van der Waals surface area contributed by atoms with Gasteiger partial charge >= 0.3 is 6.85 Å². The van der Waals surface area contributed by atoms with E-state index < -0.39 is 5.41 Å². The Bertz CT molecular complexity index is 4130. The van der Waals surface area contributed by atoms with Crippen LogP contribution in [-0.4, -0.2) is 6.85 Å². The Morgan fingerprint density at radius 1 is 0.400 bits per heavy atom. The summed E-state index contributed by atoms with van der Waals surface area (Å²) in [4.78, 5) is 8.20. The van der Waals surface area contributed by atoms with Crippen LogP contribution in [0.25, 0.3) is 44.5 Å². The smallest absolute Gasteiger partial charge is 0.333 e. The molecule has 2 aliphatic carbocycles. The van der Waals surface area contributed by atoms with E-state index in [9.17, 15) is 0 Å². The predicted octanol–water partition coefficient (Wildman–Crippen LogP) is 17.1. The van der Waals surface area contributed by atoms with Crippen LogP contribution in [0.1, 0.15) is 98.5 Å². The number of anilines is 5. The minimum absolute atomic E-state index is 0.0516. The fourth-order valence-electron chi connectivity index (χ4n) is 15.0. The van der Waals surface area contributed by atoms with Gasteiger partial charge in [0.25, 0.3) is 0 Å². The monoisotopic (exact) mass is 978 g/mol. The maximum Gasteiger partial charge on any atom is 0.333 e. The van der Waals surface area contributed by atoms with Crippen molar-refractivity contribution in [3.8, 4) is 44.5 Å². The van der Waals surface area contributed by atoms with E-state index in [4.69, 9.17) is 0 Å². The fraction of sp³-hybridized carbons (Fsp3) is 0.155. The van der Waals surface area contributed by atoms with Gasteiger partial charge in [-0.3, -0.25) is 0 Å². The van der Waals surface area contributed by atoms with Gasteiger partial charge in [0, 0.05) is 54.5 Å². The van der Waals surface area contributed by atoms with Gasteiger partial charge in [-0.05, 0) is 142 Å². The number of fused-ring (bicyclic) bond motifs is 19. The first-order valence-corrected chi connectivity index (χ1v) is 27.7. The molecule has 6 aliphatic rings. The second-order valence-electron chi connectivity index (χ2n) is 23.9. The Labute approximate surface area is 445 Å². The van der Waals surface area contributed by atoms with Gasteiger partial charge in [-0.15, -0.1) is 0 Å². The van der Waals surface area contributed by atoms with E-state index in [1.165, 1.54) is 144 Å². The van der Waals surface area contributed by atoms with Gasteiger partial charge in [0.15, 0.2) is 0 Å². The second-order valence-corrected chi connectivity index (χ2v) is 25.0. The summed E-state index contributed by atoms with van der Waals surface area (Å²) in [5.74, 6) is 0. The van der Waals surface area contributed by atoms with Crippen LogP contribution in [0.4, 0.5) is 28.4 Å². The van der Waals surface area contributed by atoms with Crippen LogP contribution in [0.15, 0.2) is 216 Å². The third kappa shape index (κ3) is 5.43. The molecular formula is C71H55BN2S. The Hall–Kier alpha value is -7.79. The molecule has 0 atom stereocenters. The zero-order chi connectivity index (χ0) is 50.5. The molecule has 0 bridgehead atoms. The van der Waals surface area contributed by atoms with E-state index in [0.29, 0.717) is 0 Å². The summed E-state index contributed by atoms with van der Waals surface area (Å²) in [6.07, 6.45) is 0. The average Bonchev–Trinajstić information content (AvgIpc) is 4.08. The molecule has 0 aromatic heterocycles.